The van der Waals surface area contributed by atoms with Crippen LogP contribution in [0.2, 0.25) is 0 Å². The molecule has 0 radical (unpaired) electrons. The summed E-state index contributed by atoms with van der Waals surface area (Å²) in [6.07, 6.45) is -1.26. The molecule has 2 aromatic rings. The molecule has 1 atom stereocenters. The van der Waals surface area contributed by atoms with Crippen LogP contribution >= 0.6 is 0 Å². The maximum Gasteiger partial charge on any atom is 0.411 e. The summed E-state index contributed by atoms with van der Waals surface area (Å²) in [6, 6.07) is 12.4. The average Bonchev–Trinajstić information content (AvgIpc) is 2.84. The van der Waals surface area contributed by atoms with Crippen LogP contribution in [0.15, 0.2) is 42.5 Å². The topological polar surface area (TPSA) is 75.7 Å². The van der Waals surface area contributed by atoms with Gasteiger partial charge in [-0.05, 0) is 44.0 Å². The maximum absolute atomic E-state index is 12.4. The summed E-state index contributed by atoms with van der Waals surface area (Å²) in [4.78, 5) is 38.0. The quantitative estimate of drug-likeness (QED) is 0.854. The number of nitrogens with one attached hydrogen (secondary N) is 1. The number of para-hydroxylation sites is 1. The second-order valence-corrected chi connectivity index (χ2v) is 6.37. The number of fused-ring (bicyclic) bond motifs is 1. The van der Waals surface area contributed by atoms with Crippen molar-refractivity contribution in [2.45, 2.75) is 26.9 Å². The number of rotatable bonds is 4. The Morgan fingerprint density at radius 2 is 1.54 bits per heavy atom. The number of hydrogen-bond acceptors (Lipinski definition) is 4. The first-order chi connectivity index (χ1) is 12.4. The Morgan fingerprint density at radius 3 is 2.08 bits per heavy atom. The van der Waals surface area contributed by atoms with E-state index in [1.54, 1.807) is 31.2 Å². The zero-order valence-corrected chi connectivity index (χ0v) is 14.9. The Hall–Kier alpha value is -3.15. The molecule has 3 amide bonds. The molecule has 26 heavy (non-hydrogen) atoms. The van der Waals surface area contributed by atoms with Crippen LogP contribution in [0, 0.1) is 13.8 Å². The van der Waals surface area contributed by atoms with Crippen LogP contribution in [0.25, 0.3) is 0 Å². The molecule has 0 aliphatic carbocycles. The summed E-state index contributed by atoms with van der Waals surface area (Å²) >= 11 is 0. The number of ether oxygens (including phenoxy) is 1. The van der Waals surface area contributed by atoms with Crippen molar-refractivity contribution in [2.75, 3.05) is 11.9 Å². The third-order valence-corrected chi connectivity index (χ3v) is 4.33. The Labute approximate surface area is 151 Å². The van der Waals surface area contributed by atoms with Crippen molar-refractivity contribution in [3.05, 3.63) is 64.7 Å². The fourth-order valence-corrected chi connectivity index (χ4v) is 3.03. The van der Waals surface area contributed by atoms with Crippen molar-refractivity contribution >= 4 is 23.6 Å². The molecule has 0 aromatic heterocycles. The molecule has 1 aliphatic rings. The highest BCUT2D eigenvalue weighted by Gasteiger charge is 2.36. The van der Waals surface area contributed by atoms with E-state index in [0.717, 1.165) is 16.0 Å². The van der Waals surface area contributed by atoms with E-state index in [0.29, 0.717) is 16.8 Å². The normalized spacial score (nSPS) is 14.2. The molecule has 0 saturated carbocycles. The monoisotopic (exact) mass is 352 g/mol. The van der Waals surface area contributed by atoms with Gasteiger partial charge in [0.2, 0.25) is 0 Å². The average molecular weight is 352 g/mol. The largest absolute Gasteiger partial charge is 0.444 e. The van der Waals surface area contributed by atoms with E-state index in [9.17, 15) is 14.4 Å². The van der Waals surface area contributed by atoms with Gasteiger partial charge in [0.05, 0.1) is 17.7 Å². The lowest BCUT2D eigenvalue weighted by atomic mass is 10.1. The molecule has 6 nitrogen and oxygen atoms in total. The standard InChI is InChI=1S/C20H20N2O4/c1-12-7-6-8-13(2)17(12)21-20(25)26-14(3)11-22-18(23)15-9-4-5-10-16(15)19(22)24/h4-10,14H,11H2,1-3H3,(H,21,25). The highest BCUT2D eigenvalue weighted by molar-refractivity contribution is 6.21. The van der Waals surface area contributed by atoms with Crippen molar-refractivity contribution in [3.63, 3.8) is 0 Å². The molecule has 1 heterocycles. The Morgan fingerprint density at radius 1 is 1.00 bits per heavy atom. The smallest absolute Gasteiger partial charge is 0.411 e. The summed E-state index contributed by atoms with van der Waals surface area (Å²) < 4.78 is 5.33. The van der Waals surface area contributed by atoms with Crippen LogP contribution < -0.4 is 5.32 Å². The van der Waals surface area contributed by atoms with Gasteiger partial charge >= 0.3 is 6.09 Å². The van der Waals surface area contributed by atoms with Gasteiger partial charge in [0.15, 0.2) is 0 Å². The lowest BCUT2D eigenvalue weighted by Gasteiger charge is -2.20. The van der Waals surface area contributed by atoms with E-state index in [1.807, 2.05) is 32.0 Å². The van der Waals surface area contributed by atoms with Crippen molar-refractivity contribution in [2.24, 2.45) is 0 Å². The molecule has 134 valence electrons. The predicted molar refractivity (Wildman–Crippen MR) is 97.3 cm³/mol. The van der Waals surface area contributed by atoms with Crippen molar-refractivity contribution in [1.82, 2.24) is 4.90 Å². The molecule has 1 unspecified atom stereocenters. The molecule has 0 fully saturated rings. The van der Waals surface area contributed by atoms with Crippen LogP contribution in [0.3, 0.4) is 0 Å². The second kappa shape index (κ2) is 7.00. The lowest BCUT2D eigenvalue weighted by molar-refractivity contribution is 0.0525. The fraction of sp³-hybridized carbons (Fsp3) is 0.250. The fourth-order valence-electron chi connectivity index (χ4n) is 3.03. The minimum atomic E-state index is -0.637. The lowest BCUT2D eigenvalue weighted by Crippen LogP contribution is -2.38. The molecule has 0 saturated heterocycles. The number of anilines is 1. The third kappa shape index (κ3) is 3.31. The molecule has 2 aromatic carbocycles. The molecule has 1 N–H and O–H groups in total. The first-order valence-corrected chi connectivity index (χ1v) is 8.37. The number of carbonyl (C=O) groups excluding carboxylic acids is 3. The summed E-state index contributed by atoms with van der Waals surface area (Å²) in [6.45, 7) is 5.44. The highest BCUT2D eigenvalue weighted by Crippen LogP contribution is 2.23. The van der Waals surface area contributed by atoms with Gasteiger partial charge in [-0.2, -0.15) is 0 Å². The van der Waals surface area contributed by atoms with Gasteiger partial charge in [-0.15, -0.1) is 0 Å². The molecular weight excluding hydrogens is 332 g/mol. The Kier molecular flexibility index (Phi) is 4.75. The van der Waals surface area contributed by atoms with E-state index >= 15 is 0 Å². The summed E-state index contributed by atoms with van der Waals surface area (Å²) in [5, 5.41) is 2.72. The zero-order valence-electron chi connectivity index (χ0n) is 14.9. The number of benzene rings is 2. The van der Waals surface area contributed by atoms with Crippen LogP contribution in [0.1, 0.15) is 38.8 Å². The van der Waals surface area contributed by atoms with Crippen LogP contribution in [0.4, 0.5) is 10.5 Å². The van der Waals surface area contributed by atoms with E-state index in [1.165, 1.54) is 0 Å². The van der Waals surface area contributed by atoms with Crippen molar-refractivity contribution in [1.29, 1.82) is 0 Å². The highest BCUT2D eigenvalue weighted by atomic mass is 16.6. The number of carbonyl (C=O) groups is 3. The van der Waals surface area contributed by atoms with E-state index in [2.05, 4.69) is 5.32 Å². The number of nitrogens with zero attached hydrogens (tertiary/aromatic N) is 1. The minimum Gasteiger partial charge on any atom is -0.444 e. The number of hydrogen-bond donors (Lipinski definition) is 1. The summed E-state index contributed by atoms with van der Waals surface area (Å²) in [7, 11) is 0. The molecule has 3 rings (SSSR count). The van der Waals surface area contributed by atoms with E-state index in [-0.39, 0.29) is 18.4 Å². The van der Waals surface area contributed by atoms with Gasteiger partial charge in [0.1, 0.15) is 6.10 Å². The van der Waals surface area contributed by atoms with Crippen molar-refractivity contribution < 1.29 is 19.1 Å². The van der Waals surface area contributed by atoms with Gasteiger partial charge < -0.3 is 4.74 Å². The zero-order chi connectivity index (χ0) is 18.8. The predicted octanol–water partition coefficient (Wildman–Crippen LogP) is 3.54. The van der Waals surface area contributed by atoms with Gasteiger partial charge in [-0.25, -0.2) is 4.79 Å². The van der Waals surface area contributed by atoms with Crippen molar-refractivity contribution in [3.8, 4) is 0 Å². The summed E-state index contributed by atoms with van der Waals surface area (Å²) in [5.74, 6) is -0.729. The third-order valence-electron chi connectivity index (χ3n) is 4.33. The Bertz CT molecular complexity index is 836. The minimum absolute atomic E-state index is 0.00647. The second-order valence-electron chi connectivity index (χ2n) is 6.37. The van der Waals surface area contributed by atoms with Crippen LogP contribution in [-0.4, -0.2) is 35.5 Å². The molecule has 6 heteroatoms. The van der Waals surface area contributed by atoms with Gasteiger partial charge in [0.25, 0.3) is 11.8 Å². The first-order valence-electron chi connectivity index (χ1n) is 8.37. The first kappa shape index (κ1) is 17.7. The number of imide groups is 1. The summed E-state index contributed by atoms with van der Waals surface area (Å²) in [5.41, 5.74) is 3.31. The molecule has 0 bridgehead atoms. The van der Waals surface area contributed by atoms with Gasteiger partial charge in [-0.3, -0.25) is 19.8 Å². The van der Waals surface area contributed by atoms with E-state index in [4.69, 9.17) is 4.74 Å². The molecular formula is C20H20N2O4. The van der Waals surface area contributed by atoms with E-state index < -0.39 is 12.2 Å². The van der Waals surface area contributed by atoms with Gasteiger partial charge in [0, 0.05) is 5.69 Å². The van der Waals surface area contributed by atoms with Crippen LogP contribution in [-0.2, 0) is 4.74 Å². The number of aryl methyl sites for hydroxylation is 2. The van der Waals surface area contributed by atoms with Gasteiger partial charge in [-0.1, -0.05) is 30.3 Å². The SMILES string of the molecule is Cc1cccc(C)c1NC(=O)OC(C)CN1C(=O)c2ccccc2C1=O. The van der Waals surface area contributed by atoms with Crippen LogP contribution in [0.5, 0.6) is 0 Å². The number of amides is 3. The Balaban J connectivity index is 1.63. The molecule has 1 aliphatic heterocycles. The maximum atomic E-state index is 12.4. The molecule has 0 spiro atoms.